The molecule has 0 aliphatic carbocycles. The van der Waals surface area contributed by atoms with Gasteiger partial charge in [0.25, 0.3) is 0 Å². The van der Waals surface area contributed by atoms with Crippen molar-refractivity contribution in [3.05, 3.63) is 0 Å². The van der Waals surface area contributed by atoms with Crippen LogP contribution in [0.3, 0.4) is 0 Å². The van der Waals surface area contributed by atoms with E-state index in [4.69, 9.17) is 5.11 Å². The Morgan fingerprint density at radius 2 is 2.45 bits per heavy atom. The number of carbonyl (C=O) groups is 1. The van der Waals surface area contributed by atoms with Gasteiger partial charge >= 0.3 is 6.09 Å². The highest BCUT2D eigenvalue weighted by Crippen LogP contribution is 2.07. The Morgan fingerprint density at radius 1 is 1.73 bits per heavy atom. The summed E-state index contributed by atoms with van der Waals surface area (Å²) in [6, 6.07) is 0.348. The number of hydrogen-bond acceptors (Lipinski definition) is 2. The quantitative estimate of drug-likeness (QED) is 0.517. The average molecular weight is 158 g/mol. The van der Waals surface area contributed by atoms with Gasteiger partial charge in [-0.1, -0.05) is 0 Å². The Morgan fingerprint density at radius 3 is 3.00 bits per heavy atom. The molecule has 2 atom stereocenters. The number of carboxylic acid groups (broad SMARTS) is 1. The molecule has 0 bridgehead atoms. The molecule has 1 amide bonds. The highest BCUT2D eigenvalue weighted by Gasteiger charge is 2.21. The molecule has 3 N–H and O–H groups in total. The Labute approximate surface area is 66.0 Å². The van der Waals surface area contributed by atoms with Crippen LogP contribution in [-0.4, -0.2) is 29.8 Å². The van der Waals surface area contributed by atoms with Crippen LogP contribution >= 0.6 is 0 Å². The largest absolute Gasteiger partial charge is 0.465 e. The second kappa shape index (κ2) is 3.57. The van der Waals surface area contributed by atoms with E-state index in [2.05, 4.69) is 10.6 Å². The van der Waals surface area contributed by atoms with Crippen molar-refractivity contribution >= 4 is 6.09 Å². The molecular weight excluding hydrogens is 144 g/mol. The molecule has 0 aromatic rings. The van der Waals surface area contributed by atoms with Crippen molar-refractivity contribution in [3.8, 4) is 0 Å². The third kappa shape index (κ3) is 2.38. The molecule has 11 heavy (non-hydrogen) atoms. The molecule has 1 fully saturated rings. The normalized spacial score (nSPS) is 31.4. The molecule has 4 heteroatoms. The number of rotatable bonds is 1. The van der Waals surface area contributed by atoms with Crippen LogP contribution in [0.5, 0.6) is 0 Å². The van der Waals surface area contributed by atoms with Gasteiger partial charge in [0.2, 0.25) is 0 Å². The first-order valence-corrected chi connectivity index (χ1v) is 3.93. The van der Waals surface area contributed by atoms with Crippen molar-refractivity contribution in [1.29, 1.82) is 0 Å². The zero-order valence-corrected chi connectivity index (χ0v) is 6.63. The molecule has 4 nitrogen and oxygen atoms in total. The molecular formula is C7H14N2O2. The van der Waals surface area contributed by atoms with Crippen LogP contribution in [0.15, 0.2) is 0 Å². The molecule has 1 heterocycles. The highest BCUT2D eigenvalue weighted by atomic mass is 16.4. The lowest BCUT2D eigenvalue weighted by atomic mass is 10.0. The molecule has 0 aromatic heterocycles. The Kier molecular flexibility index (Phi) is 2.70. The summed E-state index contributed by atoms with van der Waals surface area (Å²) in [5.74, 6) is 0. The Balaban J connectivity index is 2.35. The lowest BCUT2D eigenvalue weighted by molar-refractivity contribution is 0.182. The molecule has 1 unspecified atom stereocenters. The third-order valence-corrected chi connectivity index (χ3v) is 2.07. The van der Waals surface area contributed by atoms with Gasteiger partial charge in [0.05, 0.1) is 0 Å². The molecule has 1 rings (SSSR count). The molecule has 1 aliphatic heterocycles. The minimum Gasteiger partial charge on any atom is -0.465 e. The fraction of sp³-hybridized carbons (Fsp3) is 0.857. The van der Waals surface area contributed by atoms with Gasteiger partial charge in [-0.25, -0.2) is 4.79 Å². The van der Waals surface area contributed by atoms with Crippen molar-refractivity contribution in [2.45, 2.75) is 31.8 Å². The first kappa shape index (κ1) is 8.33. The van der Waals surface area contributed by atoms with E-state index in [-0.39, 0.29) is 12.1 Å². The first-order chi connectivity index (χ1) is 5.20. The van der Waals surface area contributed by atoms with Crippen LogP contribution in [0, 0.1) is 0 Å². The fourth-order valence-corrected chi connectivity index (χ4v) is 1.40. The van der Waals surface area contributed by atoms with Crippen LogP contribution in [0.25, 0.3) is 0 Å². The van der Waals surface area contributed by atoms with E-state index in [0.29, 0.717) is 0 Å². The summed E-state index contributed by atoms with van der Waals surface area (Å²) >= 11 is 0. The van der Waals surface area contributed by atoms with Gasteiger partial charge in [0.15, 0.2) is 0 Å². The van der Waals surface area contributed by atoms with Crippen molar-refractivity contribution in [2.75, 3.05) is 6.54 Å². The summed E-state index contributed by atoms with van der Waals surface area (Å²) in [5.41, 5.74) is 0. The van der Waals surface area contributed by atoms with E-state index in [9.17, 15) is 4.79 Å². The number of piperidine rings is 1. The predicted octanol–water partition coefficient (Wildman–Crippen LogP) is 0.395. The zero-order chi connectivity index (χ0) is 8.27. The monoisotopic (exact) mass is 158 g/mol. The molecule has 0 aromatic carbocycles. The van der Waals surface area contributed by atoms with Crippen LogP contribution < -0.4 is 10.6 Å². The zero-order valence-electron chi connectivity index (χ0n) is 6.63. The van der Waals surface area contributed by atoms with Gasteiger partial charge in [-0.2, -0.15) is 0 Å². The number of hydrogen-bond donors (Lipinski definition) is 3. The number of amides is 1. The van der Waals surface area contributed by atoms with E-state index in [1.54, 1.807) is 0 Å². The van der Waals surface area contributed by atoms with E-state index < -0.39 is 6.09 Å². The molecule has 1 saturated heterocycles. The molecule has 0 radical (unpaired) electrons. The van der Waals surface area contributed by atoms with Gasteiger partial charge in [0, 0.05) is 12.1 Å². The van der Waals surface area contributed by atoms with Crippen molar-refractivity contribution < 1.29 is 9.90 Å². The molecule has 64 valence electrons. The van der Waals surface area contributed by atoms with Gasteiger partial charge in [-0.3, -0.25) is 0 Å². The molecule has 0 saturated carbocycles. The van der Waals surface area contributed by atoms with E-state index in [0.717, 1.165) is 19.4 Å². The highest BCUT2D eigenvalue weighted by molar-refractivity contribution is 5.64. The minimum absolute atomic E-state index is 0.0845. The topological polar surface area (TPSA) is 61.4 Å². The van der Waals surface area contributed by atoms with Crippen LogP contribution in [0.4, 0.5) is 4.79 Å². The Bertz CT molecular complexity index is 149. The lowest BCUT2D eigenvalue weighted by Gasteiger charge is -2.29. The standard InChI is InChI=1S/C7H14N2O2/c1-5-6(9-7(10)11)3-2-4-8-5/h5-6,8-9H,2-4H2,1H3,(H,10,11)/t5-,6?/m1/s1. The van der Waals surface area contributed by atoms with E-state index >= 15 is 0 Å². The van der Waals surface area contributed by atoms with Crippen LogP contribution in [-0.2, 0) is 0 Å². The van der Waals surface area contributed by atoms with Crippen LogP contribution in [0.1, 0.15) is 19.8 Å². The SMILES string of the molecule is C[C@H]1NCCCC1NC(=O)O. The van der Waals surface area contributed by atoms with Gasteiger partial charge in [-0.05, 0) is 26.3 Å². The summed E-state index contributed by atoms with van der Waals surface area (Å²) in [6.07, 6.45) is 1.07. The maximum Gasteiger partial charge on any atom is 0.404 e. The van der Waals surface area contributed by atoms with Gasteiger partial charge in [0.1, 0.15) is 0 Å². The van der Waals surface area contributed by atoms with E-state index in [1.165, 1.54) is 0 Å². The molecule has 0 spiro atoms. The summed E-state index contributed by atoms with van der Waals surface area (Å²) in [7, 11) is 0. The number of nitrogens with one attached hydrogen (secondary N) is 2. The summed E-state index contributed by atoms with van der Waals surface area (Å²) < 4.78 is 0. The summed E-state index contributed by atoms with van der Waals surface area (Å²) in [4.78, 5) is 10.3. The second-order valence-corrected chi connectivity index (χ2v) is 2.94. The first-order valence-electron chi connectivity index (χ1n) is 3.93. The van der Waals surface area contributed by atoms with Crippen molar-refractivity contribution in [3.63, 3.8) is 0 Å². The third-order valence-electron chi connectivity index (χ3n) is 2.07. The average Bonchev–Trinajstić information content (AvgIpc) is 1.93. The lowest BCUT2D eigenvalue weighted by Crippen LogP contribution is -2.51. The predicted molar refractivity (Wildman–Crippen MR) is 41.6 cm³/mol. The smallest absolute Gasteiger partial charge is 0.404 e. The fourth-order valence-electron chi connectivity index (χ4n) is 1.40. The Hall–Kier alpha value is -0.770. The second-order valence-electron chi connectivity index (χ2n) is 2.94. The van der Waals surface area contributed by atoms with Crippen LogP contribution in [0.2, 0.25) is 0 Å². The minimum atomic E-state index is -0.925. The molecule has 1 aliphatic rings. The maximum absolute atomic E-state index is 10.3. The van der Waals surface area contributed by atoms with Gasteiger partial charge in [-0.15, -0.1) is 0 Å². The van der Waals surface area contributed by atoms with E-state index in [1.807, 2.05) is 6.92 Å². The summed E-state index contributed by atoms with van der Waals surface area (Å²) in [5, 5.41) is 14.1. The summed E-state index contributed by atoms with van der Waals surface area (Å²) in [6.45, 7) is 3.00. The van der Waals surface area contributed by atoms with Gasteiger partial charge < -0.3 is 15.7 Å². The maximum atomic E-state index is 10.3. The van der Waals surface area contributed by atoms with Crippen molar-refractivity contribution in [1.82, 2.24) is 10.6 Å². The van der Waals surface area contributed by atoms with Crippen molar-refractivity contribution in [2.24, 2.45) is 0 Å².